The van der Waals surface area contributed by atoms with Crippen LogP contribution in [0.3, 0.4) is 0 Å². The number of halogens is 1. The summed E-state index contributed by atoms with van der Waals surface area (Å²) in [5.74, 6) is 0. The van der Waals surface area contributed by atoms with Crippen LogP contribution >= 0.6 is 15.9 Å². The van der Waals surface area contributed by atoms with E-state index in [0.717, 1.165) is 10.0 Å². The average Bonchev–Trinajstić information content (AvgIpc) is 2.39. The molecule has 0 saturated carbocycles. The Labute approximate surface area is 154 Å². The standard InChI is InChI=1S/C19H30BrNO3/c1-18(2,3)15-10-14(11-16(20)12-15)13-21(8-9-23-7)17(22)24-19(4,5)6/h10-12H,8-9,13H2,1-7H3. The van der Waals surface area contributed by atoms with Crippen LogP contribution in [0.1, 0.15) is 52.7 Å². The van der Waals surface area contributed by atoms with E-state index in [0.29, 0.717) is 19.7 Å². The van der Waals surface area contributed by atoms with Crippen molar-refractivity contribution < 1.29 is 14.3 Å². The predicted octanol–water partition coefficient (Wildman–Crippen LogP) is 5.13. The maximum Gasteiger partial charge on any atom is 0.410 e. The van der Waals surface area contributed by atoms with Gasteiger partial charge in [0, 0.05) is 24.7 Å². The fraction of sp³-hybridized carbons (Fsp3) is 0.632. The summed E-state index contributed by atoms with van der Waals surface area (Å²) >= 11 is 3.57. The smallest absolute Gasteiger partial charge is 0.410 e. The predicted molar refractivity (Wildman–Crippen MR) is 101 cm³/mol. The molecule has 0 aliphatic rings. The summed E-state index contributed by atoms with van der Waals surface area (Å²) in [7, 11) is 1.63. The van der Waals surface area contributed by atoms with Crippen molar-refractivity contribution in [1.82, 2.24) is 4.90 Å². The fourth-order valence-corrected chi connectivity index (χ4v) is 2.70. The highest BCUT2D eigenvalue weighted by atomic mass is 79.9. The summed E-state index contributed by atoms with van der Waals surface area (Å²) in [5, 5.41) is 0. The van der Waals surface area contributed by atoms with Crippen molar-refractivity contribution in [2.45, 2.75) is 59.1 Å². The summed E-state index contributed by atoms with van der Waals surface area (Å²) in [6.45, 7) is 13.6. The van der Waals surface area contributed by atoms with Crippen molar-refractivity contribution in [3.05, 3.63) is 33.8 Å². The molecule has 0 aromatic heterocycles. The van der Waals surface area contributed by atoms with E-state index in [1.807, 2.05) is 26.8 Å². The van der Waals surface area contributed by atoms with E-state index >= 15 is 0 Å². The second-order valence-electron chi connectivity index (χ2n) is 7.99. The molecular formula is C19H30BrNO3. The number of carbonyl (C=O) groups is 1. The molecule has 1 aromatic rings. The van der Waals surface area contributed by atoms with E-state index in [4.69, 9.17) is 9.47 Å². The van der Waals surface area contributed by atoms with Gasteiger partial charge in [-0.2, -0.15) is 0 Å². The van der Waals surface area contributed by atoms with Gasteiger partial charge >= 0.3 is 6.09 Å². The van der Waals surface area contributed by atoms with Gasteiger partial charge in [0.05, 0.1) is 6.61 Å². The van der Waals surface area contributed by atoms with Crippen LogP contribution in [0.15, 0.2) is 22.7 Å². The maximum atomic E-state index is 12.5. The third-order valence-electron chi connectivity index (χ3n) is 3.41. The lowest BCUT2D eigenvalue weighted by Gasteiger charge is -2.28. The lowest BCUT2D eigenvalue weighted by Crippen LogP contribution is -2.38. The molecule has 4 nitrogen and oxygen atoms in total. The molecule has 0 N–H and O–H groups in total. The molecule has 1 rings (SSSR count). The Morgan fingerprint density at radius 3 is 2.25 bits per heavy atom. The van der Waals surface area contributed by atoms with E-state index in [1.54, 1.807) is 12.0 Å². The van der Waals surface area contributed by atoms with Crippen molar-refractivity contribution in [2.24, 2.45) is 0 Å². The number of carbonyl (C=O) groups excluding carboxylic acids is 1. The quantitative estimate of drug-likeness (QED) is 0.688. The summed E-state index contributed by atoms with van der Waals surface area (Å²) in [4.78, 5) is 14.2. The molecule has 1 aromatic carbocycles. The lowest BCUT2D eigenvalue weighted by molar-refractivity contribution is 0.0184. The number of hydrogen-bond donors (Lipinski definition) is 0. The number of benzene rings is 1. The Balaban J connectivity index is 3.01. The lowest BCUT2D eigenvalue weighted by atomic mass is 9.86. The van der Waals surface area contributed by atoms with Gasteiger partial charge in [-0.3, -0.25) is 0 Å². The number of ether oxygens (including phenoxy) is 2. The first kappa shape index (κ1) is 21.0. The van der Waals surface area contributed by atoms with Crippen molar-refractivity contribution in [3.8, 4) is 0 Å². The molecule has 0 spiro atoms. The molecule has 0 atom stereocenters. The van der Waals surface area contributed by atoms with Gasteiger partial charge < -0.3 is 14.4 Å². The topological polar surface area (TPSA) is 38.8 Å². The van der Waals surface area contributed by atoms with Gasteiger partial charge in [-0.05, 0) is 49.4 Å². The minimum atomic E-state index is -0.518. The SMILES string of the molecule is COCCN(Cc1cc(Br)cc(C(C)(C)C)c1)C(=O)OC(C)(C)C. The molecule has 24 heavy (non-hydrogen) atoms. The van der Waals surface area contributed by atoms with E-state index in [9.17, 15) is 4.79 Å². The van der Waals surface area contributed by atoms with Crippen molar-refractivity contribution >= 4 is 22.0 Å². The molecule has 0 fully saturated rings. The summed E-state index contributed by atoms with van der Waals surface area (Å²) in [5.41, 5.74) is 1.82. The minimum absolute atomic E-state index is 0.0435. The summed E-state index contributed by atoms with van der Waals surface area (Å²) in [6, 6.07) is 6.31. The molecule has 0 unspecified atom stereocenters. The zero-order valence-electron chi connectivity index (χ0n) is 15.9. The van der Waals surface area contributed by atoms with E-state index in [1.165, 1.54) is 5.56 Å². The van der Waals surface area contributed by atoms with Crippen LogP contribution in [-0.4, -0.2) is 36.9 Å². The molecule has 0 heterocycles. The van der Waals surface area contributed by atoms with Crippen LogP contribution in [0.4, 0.5) is 4.79 Å². The largest absolute Gasteiger partial charge is 0.444 e. The van der Waals surface area contributed by atoms with E-state index in [2.05, 4.69) is 48.8 Å². The number of methoxy groups -OCH3 is 1. The third kappa shape index (κ3) is 7.22. The van der Waals surface area contributed by atoms with Gasteiger partial charge in [0.25, 0.3) is 0 Å². The second kappa shape index (κ2) is 8.34. The van der Waals surface area contributed by atoms with E-state index < -0.39 is 5.60 Å². The molecular weight excluding hydrogens is 370 g/mol. The number of hydrogen-bond acceptors (Lipinski definition) is 3. The summed E-state index contributed by atoms with van der Waals surface area (Å²) in [6.07, 6.45) is -0.322. The van der Waals surface area contributed by atoms with Gasteiger partial charge in [-0.15, -0.1) is 0 Å². The Bertz CT molecular complexity index is 559. The van der Waals surface area contributed by atoms with E-state index in [-0.39, 0.29) is 11.5 Å². The monoisotopic (exact) mass is 399 g/mol. The first-order chi connectivity index (χ1) is 10.9. The molecule has 0 radical (unpaired) electrons. The van der Waals surface area contributed by atoms with Crippen LogP contribution in [0.2, 0.25) is 0 Å². The Kier molecular flexibility index (Phi) is 7.29. The van der Waals surface area contributed by atoms with Crippen LogP contribution in [0.5, 0.6) is 0 Å². The zero-order valence-corrected chi connectivity index (χ0v) is 17.5. The van der Waals surface area contributed by atoms with Crippen LogP contribution < -0.4 is 0 Å². The van der Waals surface area contributed by atoms with Crippen LogP contribution in [-0.2, 0) is 21.4 Å². The molecule has 0 aliphatic carbocycles. The van der Waals surface area contributed by atoms with Crippen molar-refractivity contribution in [1.29, 1.82) is 0 Å². The van der Waals surface area contributed by atoms with Crippen molar-refractivity contribution in [3.63, 3.8) is 0 Å². The molecule has 0 aliphatic heterocycles. The number of rotatable bonds is 5. The Morgan fingerprint density at radius 2 is 1.75 bits per heavy atom. The first-order valence-corrected chi connectivity index (χ1v) is 8.98. The van der Waals surface area contributed by atoms with Gasteiger partial charge in [-0.25, -0.2) is 4.79 Å². The van der Waals surface area contributed by atoms with Crippen LogP contribution in [0.25, 0.3) is 0 Å². The highest BCUT2D eigenvalue weighted by molar-refractivity contribution is 9.10. The number of nitrogens with zero attached hydrogens (tertiary/aromatic N) is 1. The number of amides is 1. The van der Waals surface area contributed by atoms with Gasteiger partial charge in [0.15, 0.2) is 0 Å². The van der Waals surface area contributed by atoms with Gasteiger partial charge in [-0.1, -0.05) is 42.8 Å². The minimum Gasteiger partial charge on any atom is -0.444 e. The molecule has 0 bridgehead atoms. The fourth-order valence-electron chi connectivity index (χ4n) is 2.16. The Hall–Kier alpha value is -1.07. The molecule has 0 saturated heterocycles. The zero-order chi connectivity index (χ0) is 18.5. The average molecular weight is 400 g/mol. The molecule has 5 heteroatoms. The maximum absolute atomic E-state index is 12.5. The molecule has 1 amide bonds. The van der Waals surface area contributed by atoms with Gasteiger partial charge in [0.2, 0.25) is 0 Å². The van der Waals surface area contributed by atoms with Gasteiger partial charge in [0.1, 0.15) is 5.60 Å². The first-order valence-electron chi connectivity index (χ1n) is 8.19. The van der Waals surface area contributed by atoms with Crippen LogP contribution in [0, 0.1) is 0 Å². The molecule has 136 valence electrons. The van der Waals surface area contributed by atoms with Crippen molar-refractivity contribution in [2.75, 3.05) is 20.3 Å². The second-order valence-corrected chi connectivity index (χ2v) is 8.91. The normalized spacial score (nSPS) is 12.2. The summed E-state index contributed by atoms with van der Waals surface area (Å²) < 4.78 is 11.7. The Morgan fingerprint density at radius 1 is 1.12 bits per heavy atom. The highest BCUT2D eigenvalue weighted by Gasteiger charge is 2.23. The third-order valence-corrected chi connectivity index (χ3v) is 3.87. The highest BCUT2D eigenvalue weighted by Crippen LogP contribution is 2.27.